The van der Waals surface area contributed by atoms with Crippen molar-refractivity contribution in [3.8, 4) is 0 Å². The van der Waals surface area contributed by atoms with E-state index < -0.39 is 0 Å². The molecule has 0 aliphatic rings. The van der Waals surface area contributed by atoms with Crippen molar-refractivity contribution in [2.45, 2.75) is 174 Å². The maximum Gasteiger partial charge on any atom is 0.104 e. The van der Waals surface area contributed by atoms with Crippen LogP contribution in [0.1, 0.15) is 168 Å². The van der Waals surface area contributed by atoms with Crippen molar-refractivity contribution in [2.75, 3.05) is 6.54 Å². The molecule has 0 radical (unpaired) electrons. The standard InChI is InChI=1S/C28H59NO/c1-3-5-7-9-11-13-14-15-16-17-18-19-20-22-24-26-28(30)29-27-25-23-21-12-10-8-6-4-2/h28-30H,3-27H2,1-2H3. The molecule has 0 aliphatic heterocycles. The van der Waals surface area contributed by atoms with Gasteiger partial charge in [-0.1, -0.05) is 149 Å². The summed E-state index contributed by atoms with van der Waals surface area (Å²) in [4.78, 5) is 0. The maximum absolute atomic E-state index is 10.0. The zero-order valence-electron chi connectivity index (χ0n) is 21.2. The molecular formula is C28H59NO. The second kappa shape index (κ2) is 27.0. The van der Waals surface area contributed by atoms with Crippen LogP contribution >= 0.6 is 0 Å². The van der Waals surface area contributed by atoms with Crippen molar-refractivity contribution >= 4 is 0 Å². The molecule has 0 saturated heterocycles. The fourth-order valence-corrected chi connectivity index (χ4v) is 4.34. The van der Waals surface area contributed by atoms with Gasteiger partial charge in [-0.05, 0) is 25.8 Å². The molecule has 0 rings (SSSR count). The van der Waals surface area contributed by atoms with E-state index in [-0.39, 0.29) is 6.23 Å². The molecule has 1 atom stereocenters. The Morgan fingerprint density at radius 2 is 0.733 bits per heavy atom. The van der Waals surface area contributed by atoms with Crippen LogP contribution in [0.15, 0.2) is 0 Å². The minimum absolute atomic E-state index is 0.281. The van der Waals surface area contributed by atoms with Crippen molar-refractivity contribution in [1.82, 2.24) is 5.32 Å². The summed E-state index contributed by atoms with van der Waals surface area (Å²) in [5.74, 6) is 0. The third kappa shape index (κ3) is 26.0. The first kappa shape index (κ1) is 29.9. The van der Waals surface area contributed by atoms with Gasteiger partial charge in [0.05, 0.1) is 0 Å². The van der Waals surface area contributed by atoms with Gasteiger partial charge in [0.15, 0.2) is 0 Å². The molecule has 2 N–H and O–H groups in total. The van der Waals surface area contributed by atoms with Crippen molar-refractivity contribution < 1.29 is 5.11 Å². The Morgan fingerprint density at radius 1 is 0.433 bits per heavy atom. The Hall–Kier alpha value is -0.0800. The highest BCUT2D eigenvalue weighted by Gasteiger charge is 2.02. The Labute approximate surface area is 191 Å². The van der Waals surface area contributed by atoms with E-state index in [2.05, 4.69) is 19.2 Å². The van der Waals surface area contributed by atoms with Gasteiger partial charge in [-0.2, -0.15) is 0 Å². The minimum atomic E-state index is -0.281. The normalized spacial score (nSPS) is 12.5. The van der Waals surface area contributed by atoms with E-state index in [0.717, 1.165) is 13.0 Å². The van der Waals surface area contributed by atoms with Gasteiger partial charge in [0.1, 0.15) is 6.23 Å². The molecular weight excluding hydrogens is 366 g/mol. The predicted molar refractivity (Wildman–Crippen MR) is 136 cm³/mol. The van der Waals surface area contributed by atoms with Gasteiger partial charge < -0.3 is 5.11 Å². The van der Waals surface area contributed by atoms with Gasteiger partial charge in [-0.15, -0.1) is 0 Å². The van der Waals surface area contributed by atoms with E-state index in [9.17, 15) is 5.11 Å². The highest BCUT2D eigenvalue weighted by atomic mass is 16.3. The van der Waals surface area contributed by atoms with Crippen molar-refractivity contribution in [3.05, 3.63) is 0 Å². The van der Waals surface area contributed by atoms with Gasteiger partial charge in [0.2, 0.25) is 0 Å². The number of hydrogen-bond acceptors (Lipinski definition) is 2. The molecule has 2 heteroatoms. The predicted octanol–water partition coefficient (Wildman–Crippen LogP) is 9.30. The topological polar surface area (TPSA) is 32.3 Å². The Morgan fingerprint density at radius 3 is 1.10 bits per heavy atom. The number of nitrogens with one attached hydrogen (secondary N) is 1. The van der Waals surface area contributed by atoms with Crippen molar-refractivity contribution in [1.29, 1.82) is 0 Å². The van der Waals surface area contributed by atoms with Gasteiger partial charge in [0.25, 0.3) is 0 Å². The van der Waals surface area contributed by atoms with Gasteiger partial charge in [-0.3, -0.25) is 5.32 Å². The van der Waals surface area contributed by atoms with Crippen LogP contribution in [0.2, 0.25) is 0 Å². The van der Waals surface area contributed by atoms with Crippen LogP contribution in [0, 0.1) is 0 Å². The highest BCUT2D eigenvalue weighted by Crippen LogP contribution is 2.14. The number of rotatable bonds is 26. The number of aliphatic hydroxyl groups excluding tert-OH is 1. The molecule has 0 saturated carbocycles. The summed E-state index contributed by atoms with van der Waals surface area (Å²) >= 11 is 0. The molecule has 1 unspecified atom stereocenters. The largest absolute Gasteiger partial charge is 0.379 e. The molecule has 0 aromatic carbocycles. The van der Waals surface area contributed by atoms with Crippen LogP contribution < -0.4 is 5.32 Å². The van der Waals surface area contributed by atoms with Gasteiger partial charge in [-0.25, -0.2) is 0 Å². The second-order valence-corrected chi connectivity index (χ2v) is 9.68. The summed E-state index contributed by atoms with van der Waals surface area (Å²) in [5, 5.41) is 13.3. The van der Waals surface area contributed by atoms with Crippen LogP contribution in [-0.4, -0.2) is 17.9 Å². The van der Waals surface area contributed by atoms with E-state index in [1.165, 1.54) is 148 Å². The molecule has 0 amide bonds. The summed E-state index contributed by atoms with van der Waals surface area (Å²) in [6.07, 6.45) is 32.4. The molecule has 2 nitrogen and oxygen atoms in total. The van der Waals surface area contributed by atoms with Crippen LogP contribution in [0.5, 0.6) is 0 Å². The van der Waals surface area contributed by atoms with Gasteiger partial charge >= 0.3 is 0 Å². The summed E-state index contributed by atoms with van der Waals surface area (Å²) in [6.45, 7) is 5.55. The van der Waals surface area contributed by atoms with Crippen molar-refractivity contribution in [3.63, 3.8) is 0 Å². The van der Waals surface area contributed by atoms with Crippen LogP contribution in [0.4, 0.5) is 0 Å². The highest BCUT2D eigenvalue weighted by molar-refractivity contribution is 4.56. The lowest BCUT2D eigenvalue weighted by Gasteiger charge is -2.12. The summed E-state index contributed by atoms with van der Waals surface area (Å²) in [7, 11) is 0. The monoisotopic (exact) mass is 425 g/mol. The molecule has 0 aliphatic carbocycles. The number of hydrogen-bond donors (Lipinski definition) is 2. The molecule has 30 heavy (non-hydrogen) atoms. The summed E-state index contributed by atoms with van der Waals surface area (Å²) < 4.78 is 0. The quantitative estimate of drug-likeness (QED) is 0.107. The first-order valence-electron chi connectivity index (χ1n) is 14.2. The summed E-state index contributed by atoms with van der Waals surface area (Å²) in [5.41, 5.74) is 0. The molecule has 0 aromatic heterocycles. The summed E-state index contributed by atoms with van der Waals surface area (Å²) in [6, 6.07) is 0. The van der Waals surface area contributed by atoms with Crippen LogP contribution in [0.25, 0.3) is 0 Å². The Kier molecular flexibility index (Phi) is 26.9. The van der Waals surface area contributed by atoms with E-state index in [0.29, 0.717) is 0 Å². The molecule has 182 valence electrons. The molecule has 0 aromatic rings. The van der Waals surface area contributed by atoms with E-state index >= 15 is 0 Å². The first-order valence-corrected chi connectivity index (χ1v) is 14.2. The minimum Gasteiger partial charge on any atom is -0.379 e. The van der Waals surface area contributed by atoms with E-state index in [4.69, 9.17) is 0 Å². The smallest absolute Gasteiger partial charge is 0.104 e. The zero-order valence-corrected chi connectivity index (χ0v) is 21.2. The van der Waals surface area contributed by atoms with E-state index in [1.807, 2.05) is 0 Å². The average Bonchev–Trinajstić information content (AvgIpc) is 2.75. The zero-order chi connectivity index (χ0) is 22.0. The number of unbranched alkanes of at least 4 members (excludes halogenated alkanes) is 21. The lowest BCUT2D eigenvalue weighted by molar-refractivity contribution is 0.124. The Bertz CT molecular complexity index is 294. The fourth-order valence-electron chi connectivity index (χ4n) is 4.34. The second-order valence-electron chi connectivity index (χ2n) is 9.68. The molecule has 0 spiro atoms. The van der Waals surface area contributed by atoms with E-state index in [1.54, 1.807) is 0 Å². The van der Waals surface area contributed by atoms with Crippen molar-refractivity contribution in [2.24, 2.45) is 0 Å². The molecule has 0 heterocycles. The average molecular weight is 426 g/mol. The third-order valence-electron chi connectivity index (χ3n) is 6.49. The van der Waals surface area contributed by atoms with Gasteiger partial charge in [0, 0.05) is 0 Å². The lowest BCUT2D eigenvalue weighted by Crippen LogP contribution is -2.29. The molecule has 0 bridgehead atoms. The van der Waals surface area contributed by atoms with Crippen LogP contribution in [-0.2, 0) is 0 Å². The first-order chi connectivity index (χ1) is 14.8. The SMILES string of the molecule is CCCCCCCCCCCCCCCCCC(O)NCCCCCCCCCC. The number of aliphatic hydroxyl groups is 1. The van der Waals surface area contributed by atoms with Crippen LogP contribution in [0.3, 0.4) is 0 Å². The fraction of sp³-hybridized carbons (Fsp3) is 1.00. The lowest BCUT2D eigenvalue weighted by atomic mass is 10.0. The third-order valence-corrected chi connectivity index (χ3v) is 6.49. The Balaban J connectivity index is 3.12. The maximum atomic E-state index is 10.0. The molecule has 0 fully saturated rings.